The Labute approximate surface area is 508 Å². The second kappa shape index (κ2) is 21.1. The fourth-order valence-electron chi connectivity index (χ4n) is 15.1. The van der Waals surface area contributed by atoms with Gasteiger partial charge in [-0.2, -0.15) is 18.4 Å². The lowest BCUT2D eigenvalue weighted by Gasteiger charge is -2.22. The SMILES string of the molecule is Cc1cc(C)c(-c2ccc3c(c2)c2cc(-c4c(C)cc(C)cc4C)ccc2n3-c2cc(C#N)ccc2-c2ccc(-c3c(C)cccc3C(F)(F)F)cc2-n2c3ccc(-c4c(C)cc(C)cc4C)cc3c3cc(-c4c(C)cc(C)cc4C)ccc32)c(C)c1. The molecule has 0 saturated carbocycles. The number of fused-ring (bicyclic) bond motifs is 6. The highest BCUT2D eigenvalue weighted by molar-refractivity contribution is 6.14. The van der Waals surface area contributed by atoms with Crippen molar-refractivity contribution in [3.05, 3.63) is 259 Å². The van der Waals surface area contributed by atoms with Crippen molar-refractivity contribution in [3.63, 3.8) is 0 Å². The summed E-state index contributed by atoms with van der Waals surface area (Å²) in [6.07, 6.45) is -4.62. The predicted octanol–water partition coefficient (Wildman–Crippen LogP) is 22.8. The Morgan fingerprint density at radius 3 is 0.931 bits per heavy atom. The van der Waals surface area contributed by atoms with Crippen LogP contribution in [0.3, 0.4) is 0 Å². The maximum atomic E-state index is 15.4. The van der Waals surface area contributed by atoms with Gasteiger partial charge in [-0.25, -0.2) is 0 Å². The zero-order valence-corrected chi connectivity index (χ0v) is 51.7. The number of aryl methyl sites for hydroxylation is 13. The van der Waals surface area contributed by atoms with Crippen molar-refractivity contribution in [2.24, 2.45) is 0 Å². The third-order valence-corrected chi connectivity index (χ3v) is 18.2. The average Bonchev–Trinajstić information content (AvgIpc) is 1.66. The van der Waals surface area contributed by atoms with Crippen LogP contribution in [-0.4, -0.2) is 9.13 Å². The standard InChI is InChI=1S/C81H68F3N3/c1-44-29-49(6)76(50(7)30-44)58-19-25-70-65(38-58)66-39-59(77-51(8)31-45(2)32-52(77)9)20-26-71(66)86(70)74-37-57(43-85)17-23-63(74)64-24-18-62(80-48(5)15-14-16-69(80)81(82,83)84)42-75(64)87-72-27-21-60(78-53(10)33-46(3)34-54(78)11)40-67(72)68-41-61(22-28-73(68)87)79-55(12)35-47(4)36-56(79)13/h14-42H,1-13H3. The summed E-state index contributed by atoms with van der Waals surface area (Å²) >= 11 is 0. The van der Waals surface area contributed by atoms with Gasteiger partial charge in [0.15, 0.2) is 0 Å². The van der Waals surface area contributed by atoms with Gasteiger partial charge in [0.1, 0.15) is 0 Å². The summed E-state index contributed by atoms with van der Waals surface area (Å²) in [4.78, 5) is 0. The summed E-state index contributed by atoms with van der Waals surface area (Å²) in [5, 5.41) is 15.0. The van der Waals surface area contributed by atoms with E-state index in [-0.39, 0.29) is 5.56 Å². The Hall–Kier alpha value is -9.70. The first-order valence-corrected chi connectivity index (χ1v) is 29.9. The van der Waals surface area contributed by atoms with Crippen LogP contribution >= 0.6 is 0 Å². The molecule has 0 unspecified atom stereocenters. The van der Waals surface area contributed by atoms with E-state index in [0.29, 0.717) is 22.4 Å². The summed E-state index contributed by atoms with van der Waals surface area (Å²) in [5.74, 6) is 0. The minimum absolute atomic E-state index is 0.131. The van der Waals surface area contributed by atoms with Crippen molar-refractivity contribution in [1.29, 1.82) is 5.26 Å². The highest BCUT2D eigenvalue weighted by Gasteiger charge is 2.35. The molecule has 13 rings (SSSR count). The lowest BCUT2D eigenvalue weighted by Crippen LogP contribution is -2.08. The molecule has 0 aliphatic heterocycles. The number of alkyl halides is 3. The fraction of sp³-hybridized carbons (Fsp3) is 0.173. The summed E-state index contributed by atoms with van der Waals surface area (Å²) in [7, 11) is 0. The van der Waals surface area contributed by atoms with Crippen LogP contribution in [0.5, 0.6) is 0 Å². The molecule has 3 nitrogen and oxygen atoms in total. The van der Waals surface area contributed by atoms with Crippen molar-refractivity contribution in [2.75, 3.05) is 0 Å². The molecule has 0 spiro atoms. The Kier molecular flexibility index (Phi) is 13.7. The van der Waals surface area contributed by atoms with E-state index in [4.69, 9.17) is 0 Å². The third-order valence-electron chi connectivity index (χ3n) is 18.2. The lowest BCUT2D eigenvalue weighted by molar-refractivity contribution is -0.137. The van der Waals surface area contributed by atoms with Crippen LogP contribution in [-0.2, 0) is 6.18 Å². The van der Waals surface area contributed by atoms with Gasteiger partial charge in [0, 0.05) is 32.7 Å². The van der Waals surface area contributed by atoms with Gasteiger partial charge in [0.25, 0.3) is 0 Å². The minimum atomic E-state index is -4.62. The number of benzene rings is 11. The number of hydrogen-bond donors (Lipinski definition) is 0. The van der Waals surface area contributed by atoms with Crippen molar-refractivity contribution in [3.8, 4) is 84.2 Å². The van der Waals surface area contributed by atoms with Crippen LogP contribution in [0.15, 0.2) is 176 Å². The van der Waals surface area contributed by atoms with E-state index in [1.54, 1.807) is 13.0 Å². The summed E-state index contributed by atoms with van der Waals surface area (Å²) in [6, 6.07) is 63.4. The lowest BCUT2D eigenvalue weighted by atomic mass is 9.91. The monoisotopic (exact) mass is 1140 g/mol. The van der Waals surface area contributed by atoms with E-state index in [9.17, 15) is 5.26 Å². The molecule has 87 heavy (non-hydrogen) atoms. The smallest absolute Gasteiger partial charge is 0.309 e. The molecule has 428 valence electrons. The second-order valence-electron chi connectivity index (χ2n) is 24.8. The number of hydrogen-bond acceptors (Lipinski definition) is 1. The molecule has 0 bridgehead atoms. The third kappa shape index (κ3) is 9.52. The number of nitrogens with zero attached hydrogens (tertiary/aromatic N) is 3. The summed E-state index contributed by atoms with van der Waals surface area (Å²) in [5.41, 5.74) is 31.1. The van der Waals surface area contributed by atoms with Gasteiger partial charge >= 0.3 is 6.18 Å². The molecule has 11 aromatic carbocycles. The highest BCUT2D eigenvalue weighted by atomic mass is 19.4. The van der Waals surface area contributed by atoms with Crippen molar-refractivity contribution in [2.45, 2.75) is 96.2 Å². The van der Waals surface area contributed by atoms with E-state index in [0.717, 1.165) is 82.7 Å². The molecule has 13 aromatic rings. The summed E-state index contributed by atoms with van der Waals surface area (Å²) < 4.78 is 50.8. The molecule has 2 aromatic heterocycles. The Bertz CT molecular complexity index is 4800. The van der Waals surface area contributed by atoms with Crippen molar-refractivity contribution >= 4 is 43.6 Å². The maximum Gasteiger partial charge on any atom is 0.417 e. The minimum Gasteiger partial charge on any atom is -0.309 e. The van der Waals surface area contributed by atoms with Gasteiger partial charge in [0.2, 0.25) is 0 Å². The molecule has 0 atom stereocenters. The van der Waals surface area contributed by atoms with Gasteiger partial charge in [-0.1, -0.05) is 125 Å². The molecule has 0 amide bonds. The number of nitriles is 1. The molecule has 0 aliphatic carbocycles. The van der Waals surface area contributed by atoms with Crippen LogP contribution in [0.4, 0.5) is 13.2 Å². The topological polar surface area (TPSA) is 33.6 Å². The van der Waals surface area contributed by atoms with Gasteiger partial charge in [0.05, 0.1) is 50.6 Å². The zero-order chi connectivity index (χ0) is 61.2. The molecular formula is C81H68F3N3. The zero-order valence-electron chi connectivity index (χ0n) is 51.7. The average molecular weight is 1140 g/mol. The molecular weight excluding hydrogens is 1070 g/mol. The molecule has 6 heteroatoms. The molecule has 0 N–H and O–H groups in total. The molecule has 2 heterocycles. The first kappa shape index (κ1) is 56.4. The Morgan fingerprint density at radius 2 is 0.609 bits per heavy atom. The number of halogens is 3. The van der Waals surface area contributed by atoms with E-state index >= 15 is 13.2 Å². The van der Waals surface area contributed by atoms with Crippen LogP contribution in [0.1, 0.15) is 83.5 Å². The quantitative estimate of drug-likeness (QED) is 0.149. The first-order valence-electron chi connectivity index (χ1n) is 29.9. The van der Waals surface area contributed by atoms with Crippen LogP contribution < -0.4 is 0 Å². The van der Waals surface area contributed by atoms with E-state index < -0.39 is 11.7 Å². The number of aromatic nitrogens is 2. The predicted molar refractivity (Wildman–Crippen MR) is 359 cm³/mol. The van der Waals surface area contributed by atoms with Crippen molar-refractivity contribution < 1.29 is 13.2 Å². The number of rotatable bonds is 8. The Morgan fingerprint density at radius 1 is 0.310 bits per heavy atom. The molecule has 0 aliphatic rings. The van der Waals surface area contributed by atoms with Crippen LogP contribution in [0, 0.1) is 101 Å². The highest BCUT2D eigenvalue weighted by Crippen LogP contribution is 2.48. The van der Waals surface area contributed by atoms with E-state index in [2.05, 4.69) is 220 Å². The first-order chi connectivity index (χ1) is 41.6. The van der Waals surface area contributed by atoms with E-state index in [1.165, 1.54) is 101 Å². The summed E-state index contributed by atoms with van der Waals surface area (Å²) in [6.45, 7) is 27.7. The largest absolute Gasteiger partial charge is 0.417 e. The van der Waals surface area contributed by atoms with Gasteiger partial charge in [-0.05, 0) is 269 Å². The molecule has 0 radical (unpaired) electrons. The van der Waals surface area contributed by atoms with Crippen LogP contribution in [0.25, 0.3) is 122 Å². The fourth-order valence-corrected chi connectivity index (χ4v) is 15.1. The van der Waals surface area contributed by atoms with Gasteiger partial charge in [-0.3, -0.25) is 0 Å². The van der Waals surface area contributed by atoms with Crippen LogP contribution in [0.2, 0.25) is 0 Å². The maximum absolute atomic E-state index is 15.4. The second-order valence-corrected chi connectivity index (χ2v) is 24.8. The van der Waals surface area contributed by atoms with Gasteiger partial charge in [-0.15, -0.1) is 0 Å². The van der Waals surface area contributed by atoms with Crippen molar-refractivity contribution in [1.82, 2.24) is 9.13 Å². The molecule has 0 saturated heterocycles. The Balaban J connectivity index is 1.15. The molecule has 0 fully saturated rings. The normalized spacial score (nSPS) is 11.9. The van der Waals surface area contributed by atoms with Gasteiger partial charge < -0.3 is 9.13 Å². The van der Waals surface area contributed by atoms with E-state index in [1.807, 2.05) is 36.4 Å².